The van der Waals surface area contributed by atoms with Crippen molar-refractivity contribution in [3.05, 3.63) is 22.8 Å². The van der Waals surface area contributed by atoms with Gasteiger partial charge in [0.25, 0.3) is 5.91 Å². The number of nitrogens with two attached hydrogens (primary N) is 1. The Kier molecular flexibility index (Phi) is 5.37. The minimum absolute atomic E-state index is 0.0133. The Morgan fingerprint density at radius 2 is 2.28 bits per heavy atom. The minimum Gasteiger partial charge on any atom is -0.384 e. The van der Waals surface area contributed by atoms with E-state index in [1.165, 1.54) is 12.1 Å². The first-order chi connectivity index (χ1) is 8.49. The number of carbonyl (C=O) groups excluding carboxylic acids is 1. The quantitative estimate of drug-likeness (QED) is 0.830. The molecule has 2 N–H and O–H groups in total. The monoisotopic (exact) mass is 271 g/mol. The first-order valence-electron chi connectivity index (χ1n) is 5.72. The molecule has 0 aliphatic heterocycles. The average molecular weight is 272 g/mol. The zero-order valence-corrected chi connectivity index (χ0v) is 11.6. The van der Waals surface area contributed by atoms with Crippen molar-refractivity contribution < 1.29 is 9.53 Å². The van der Waals surface area contributed by atoms with Gasteiger partial charge in [0.15, 0.2) is 0 Å². The Hall–Kier alpha value is -1.33. The standard InChI is InChI=1S/C12H18ClN3O2/c1-4-16(8(2)7-18-3)12(17)9-5-10(13)15-11(14)6-9/h5-6,8H,4,7H2,1-3H3,(H2,14,15). The lowest BCUT2D eigenvalue weighted by Gasteiger charge is -2.27. The van der Waals surface area contributed by atoms with Crippen molar-refractivity contribution >= 4 is 23.3 Å². The van der Waals surface area contributed by atoms with Crippen LogP contribution in [0.1, 0.15) is 24.2 Å². The number of rotatable bonds is 5. The number of nitrogens with zero attached hydrogens (tertiary/aromatic N) is 2. The van der Waals surface area contributed by atoms with E-state index >= 15 is 0 Å². The average Bonchev–Trinajstić information content (AvgIpc) is 2.28. The van der Waals surface area contributed by atoms with Crippen molar-refractivity contribution in [3.63, 3.8) is 0 Å². The van der Waals surface area contributed by atoms with E-state index in [-0.39, 0.29) is 22.9 Å². The van der Waals surface area contributed by atoms with E-state index in [4.69, 9.17) is 22.1 Å². The molecule has 0 aliphatic rings. The summed E-state index contributed by atoms with van der Waals surface area (Å²) in [6.45, 7) is 4.91. The normalized spacial score (nSPS) is 12.2. The van der Waals surface area contributed by atoms with Gasteiger partial charge in [0.2, 0.25) is 0 Å². The van der Waals surface area contributed by atoms with Crippen LogP contribution >= 0.6 is 11.6 Å². The van der Waals surface area contributed by atoms with Crippen LogP contribution in [0.3, 0.4) is 0 Å². The molecule has 6 heteroatoms. The highest BCUT2D eigenvalue weighted by molar-refractivity contribution is 6.29. The summed E-state index contributed by atoms with van der Waals surface area (Å²) in [4.78, 5) is 17.9. The van der Waals surface area contributed by atoms with Gasteiger partial charge in [0, 0.05) is 19.2 Å². The van der Waals surface area contributed by atoms with E-state index in [0.29, 0.717) is 18.7 Å². The predicted octanol–water partition coefficient (Wildman–Crippen LogP) is 1.81. The lowest BCUT2D eigenvalue weighted by atomic mass is 10.2. The molecule has 1 atom stereocenters. The van der Waals surface area contributed by atoms with Crippen LogP contribution in [-0.2, 0) is 4.74 Å². The number of aromatic nitrogens is 1. The molecule has 18 heavy (non-hydrogen) atoms. The zero-order valence-electron chi connectivity index (χ0n) is 10.8. The molecule has 0 saturated carbocycles. The SMILES string of the molecule is CCN(C(=O)c1cc(N)nc(Cl)c1)C(C)COC. The number of anilines is 1. The number of methoxy groups -OCH3 is 1. The number of pyridine rings is 1. The van der Waals surface area contributed by atoms with Gasteiger partial charge in [-0.15, -0.1) is 0 Å². The van der Waals surface area contributed by atoms with Gasteiger partial charge in [0.05, 0.1) is 12.6 Å². The second-order valence-electron chi connectivity index (χ2n) is 4.00. The first-order valence-corrected chi connectivity index (χ1v) is 6.10. The molecule has 0 bridgehead atoms. The molecule has 0 saturated heterocycles. The van der Waals surface area contributed by atoms with Gasteiger partial charge in [-0.2, -0.15) is 0 Å². The van der Waals surface area contributed by atoms with E-state index in [2.05, 4.69) is 4.98 Å². The molecule has 0 aromatic carbocycles. The number of likely N-dealkylation sites (N-methyl/N-ethyl adjacent to an activating group) is 1. The van der Waals surface area contributed by atoms with Gasteiger partial charge in [-0.05, 0) is 26.0 Å². The summed E-state index contributed by atoms with van der Waals surface area (Å²) in [6.07, 6.45) is 0. The van der Waals surface area contributed by atoms with Gasteiger partial charge >= 0.3 is 0 Å². The molecule has 0 spiro atoms. The summed E-state index contributed by atoms with van der Waals surface area (Å²) < 4.78 is 5.06. The maximum Gasteiger partial charge on any atom is 0.254 e. The summed E-state index contributed by atoms with van der Waals surface area (Å²) >= 11 is 5.80. The zero-order chi connectivity index (χ0) is 13.7. The highest BCUT2D eigenvalue weighted by Crippen LogP contribution is 2.15. The molecule has 1 heterocycles. The first kappa shape index (κ1) is 14.7. The molecule has 1 aromatic rings. The van der Waals surface area contributed by atoms with Gasteiger partial charge in [-0.25, -0.2) is 4.98 Å². The molecule has 0 fully saturated rings. The molecule has 0 aliphatic carbocycles. The lowest BCUT2D eigenvalue weighted by Crippen LogP contribution is -2.41. The maximum absolute atomic E-state index is 12.3. The summed E-state index contributed by atoms with van der Waals surface area (Å²) in [6, 6.07) is 3.03. The van der Waals surface area contributed by atoms with Crippen molar-refractivity contribution in [2.45, 2.75) is 19.9 Å². The largest absolute Gasteiger partial charge is 0.384 e. The number of carbonyl (C=O) groups is 1. The molecule has 1 aromatic heterocycles. The maximum atomic E-state index is 12.3. The Balaban J connectivity index is 2.96. The topological polar surface area (TPSA) is 68.5 Å². The van der Waals surface area contributed by atoms with Crippen molar-refractivity contribution in [2.24, 2.45) is 0 Å². The van der Waals surface area contributed by atoms with Gasteiger partial charge in [0.1, 0.15) is 11.0 Å². The highest BCUT2D eigenvalue weighted by Gasteiger charge is 2.20. The molecule has 1 rings (SSSR count). The van der Waals surface area contributed by atoms with Crippen LogP contribution in [0.2, 0.25) is 5.15 Å². The van der Waals surface area contributed by atoms with Gasteiger partial charge < -0.3 is 15.4 Å². The summed E-state index contributed by atoms with van der Waals surface area (Å²) in [5.41, 5.74) is 6.02. The van der Waals surface area contributed by atoms with Crippen molar-refractivity contribution in [1.29, 1.82) is 0 Å². The predicted molar refractivity (Wildman–Crippen MR) is 71.7 cm³/mol. The summed E-state index contributed by atoms with van der Waals surface area (Å²) in [7, 11) is 1.61. The van der Waals surface area contributed by atoms with E-state index in [0.717, 1.165) is 0 Å². The third-order valence-corrected chi connectivity index (χ3v) is 2.80. The third kappa shape index (κ3) is 3.58. The fraction of sp³-hybridized carbons (Fsp3) is 0.500. The van der Waals surface area contributed by atoms with Gasteiger partial charge in [-0.3, -0.25) is 4.79 Å². The van der Waals surface area contributed by atoms with Crippen LogP contribution in [0.15, 0.2) is 12.1 Å². The fourth-order valence-corrected chi connectivity index (χ4v) is 2.01. The van der Waals surface area contributed by atoms with Crippen molar-refractivity contribution in [3.8, 4) is 0 Å². The Morgan fingerprint density at radius 3 is 2.78 bits per heavy atom. The number of hydrogen-bond acceptors (Lipinski definition) is 4. The van der Waals surface area contributed by atoms with E-state index in [1.54, 1.807) is 12.0 Å². The van der Waals surface area contributed by atoms with E-state index < -0.39 is 0 Å². The second kappa shape index (κ2) is 6.56. The Morgan fingerprint density at radius 1 is 1.61 bits per heavy atom. The van der Waals surface area contributed by atoms with Crippen molar-refractivity contribution in [2.75, 3.05) is 26.0 Å². The number of ether oxygens (including phenoxy) is 1. The Bertz CT molecular complexity index is 406. The fourth-order valence-electron chi connectivity index (χ4n) is 1.79. The molecular weight excluding hydrogens is 254 g/mol. The molecule has 1 unspecified atom stereocenters. The van der Waals surface area contributed by atoms with Crippen LogP contribution in [-0.4, -0.2) is 42.1 Å². The molecule has 100 valence electrons. The third-order valence-electron chi connectivity index (χ3n) is 2.60. The van der Waals surface area contributed by atoms with Crippen molar-refractivity contribution in [1.82, 2.24) is 9.88 Å². The molecule has 1 amide bonds. The number of halogens is 1. The highest BCUT2D eigenvalue weighted by atomic mass is 35.5. The number of hydrogen-bond donors (Lipinski definition) is 1. The summed E-state index contributed by atoms with van der Waals surface area (Å²) in [5.74, 6) is 0.111. The smallest absolute Gasteiger partial charge is 0.254 e. The number of amides is 1. The molecular formula is C12H18ClN3O2. The van der Waals surface area contributed by atoms with Crippen LogP contribution < -0.4 is 5.73 Å². The summed E-state index contributed by atoms with van der Waals surface area (Å²) in [5, 5.41) is 0.216. The van der Waals surface area contributed by atoms with Crippen LogP contribution in [0.25, 0.3) is 0 Å². The van der Waals surface area contributed by atoms with Gasteiger partial charge in [-0.1, -0.05) is 11.6 Å². The molecule has 0 radical (unpaired) electrons. The Labute approximate surface area is 112 Å². The van der Waals surface area contributed by atoms with Crippen LogP contribution in [0.5, 0.6) is 0 Å². The number of nitrogen functional groups attached to an aromatic ring is 1. The second-order valence-corrected chi connectivity index (χ2v) is 4.39. The lowest BCUT2D eigenvalue weighted by molar-refractivity contribution is 0.0579. The van der Waals surface area contributed by atoms with E-state index in [1.807, 2.05) is 13.8 Å². The van der Waals surface area contributed by atoms with Crippen LogP contribution in [0, 0.1) is 0 Å². The van der Waals surface area contributed by atoms with E-state index in [9.17, 15) is 4.79 Å². The van der Waals surface area contributed by atoms with Crippen LogP contribution in [0.4, 0.5) is 5.82 Å². The molecule has 5 nitrogen and oxygen atoms in total. The minimum atomic E-state index is -0.127.